The molecule has 0 amide bonds. The van der Waals surface area contributed by atoms with Crippen molar-refractivity contribution in [1.29, 1.82) is 0 Å². The van der Waals surface area contributed by atoms with Crippen molar-refractivity contribution in [2.45, 2.75) is 26.8 Å². The Morgan fingerprint density at radius 1 is 1.25 bits per heavy atom. The topological polar surface area (TPSA) is 34.2 Å². The summed E-state index contributed by atoms with van der Waals surface area (Å²) in [4.78, 5) is 4.37. The minimum Gasteiger partial charge on any atom is -0.439 e. The summed E-state index contributed by atoms with van der Waals surface area (Å²) < 4.78 is 6.89. The van der Waals surface area contributed by atoms with Gasteiger partial charge in [-0.2, -0.15) is 0 Å². The van der Waals surface area contributed by atoms with Crippen molar-refractivity contribution in [3.05, 3.63) is 52.1 Å². The summed E-state index contributed by atoms with van der Waals surface area (Å²) in [7, 11) is 0. The first-order chi connectivity index (χ1) is 9.72. The summed E-state index contributed by atoms with van der Waals surface area (Å²) in [6, 6.07) is 10.2. The van der Waals surface area contributed by atoms with Gasteiger partial charge in [0.15, 0.2) is 0 Å². The second-order valence-electron chi connectivity index (χ2n) is 4.50. The van der Waals surface area contributed by atoms with Crippen molar-refractivity contribution in [2.75, 3.05) is 6.54 Å². The Morgan fingerprint density at radius 2 is 2.10 bits per heavy atom. The second-order valence-corrected chi connectivity index (χ2v) is 5.42. The number of pyridine rings is 1. The smallest absolute Gasteiger partial charge is 0.223 e. The average Bonchev–Trinajstić information content (AvgIpc) is 2.47. The molecule has 1 heterocycles. The molecule has 0 aliphatic carbocycles. The van der Waals surface area contributed by atoms with Crippen molar-refractivity contribution < 1.29 is 4.74 Å². The van der Waals surface area contributed by atoms with Crippen LogP contribution in [0, 0.1) is 0 Å². The summed E-state index contributed by atoms with van der Waals surface area (Å²) >= 11 is 3.45. The molecule has 106 valence electrons. The van der Waals surface area contributed by atoms with Gasteiger partial charge in [0.05, 0.1) is 0 Å². The molecule has 0 bridgehead atoms. The molecular formula is C16H19BrN2O. The van der Waals surface area contributed by atoms with E-state index in [0.29, 0.717) is 5.88 Å². The normalized spacial score (nSPS) is 10.6. The number of nitrogens with one attached hydrogen (secondary N) is 1. The van der Waals surface area contributed by atoms with Crippen LogP contribution in [0.5, 0.6) is 11.6 Å². The zero-order chi connectivity index (χ0) is 14.4. The van der Waals surface area contributed by atoms with Gasteiger partial charge in [0.1, 0.15) is 5.75 Å². The number of hydrogen-bond donors (Lipinski definition) is 1. The van der Waals surface area contributed by atoms with E-state index in [1.54, 1.807) is 6.20 Å². The number of rotatable bonds is 6. The van der Waals surface area contributed by atoms with Crippen LogP contribution in [0.3, 0.4) is 0 Å². The third-order valence-corrected chi connectivity index (χ3v) is 3.41. The monoisotopic (exact) mass is 334 g/mol. The first kappa shape index (κ1) is 15.0. The molecule has 0 atom stereocenters. The Morgan fingerprint density at radius 3 is 2.85 bits per heavy atom. The molecule has 0 radical (unpaired) electrons. The molecule has 1 aromatic carbocycles. The summed E-state index contributed by atoms with van der Waals surface area (Å²) in [5, 5.41) is 3.30. The lowest BCUT2D eigenvalue weighted by Crippen LogP contribution is -2.13. The van der Waals surface area contributed by atoms with Gasteiger partial charge in [-0.3, -0.25) is 0 Å². The summed E-state index contributed by atoms with van der Waals surface area (Å²) in [5.74, 6) is 1.49. The Kier molecular flexibility index (Phi) is 5.56. The van der Waals surface area contributed by atoms with Crippen molar-refractivity contribution >= 4 is 15.9 Å². The van der Waals surface area contributed by atoms with Gasteiger partial charge >= 0.3 is 0 Å². The maximum atomic E-state index is 5.93. The molecule has 0 unspecified atom stereocenters. The molecule has 4 heteroatoms. The van der Waals surface area contributed by atoms with E-state index in [1.165, 1.54) is 5.56 Å². The number of nitrogens with zero attached hydrogens (tertiary/aromatic N) is 1. The third kappa shape index (κ3) is 4.05. The Bertz CT molecular complexity index is 572. The van der Waals surface area contributed by atoms with E-state index in [-0.39, 0.29) is 0 Å². The molecule has 0 saturated carbocycles. The van der Waals surface area contributed by atoms with Gasteiger partial charge in [-0.1, -0.05) is 26.0 Å². The fourth-order valence-electron chi connectivity index (χ4n) is 1.89. The van der Waals surface area contributed by atoms with Crippen LogP contribution in [0.4, 0.5) is 0 Å². The highest BCUT2D eigenvalue weighted by Crippen LogP contribution is 2.26. The van der Waals surface area contributed by atoms with Crippen LogP contribution in [0.25, 0.3) is 0 Å². The van der Waals surface area contributed by atoms with Gasteiger partial charge in [0.2, 0.25) is 5.88 Å². The molecule has 0 saturated heterocycles. The number of halogens is 1. The lowest BCUT2D eigenvalue weighted by atomic mass is 10.2. The van der Waals surface area contributed by atoms with Crippen LogP contribution in [0.1, 0.15) is 25.0 Å². The lowest BCUT2D eigenvalue weighted by Gasteiger charge is -2.11. The van der Waals surface area contributed by atoms with Crippen LogP contribution in [0.15, 0.2) is 41.0 Å². The minimum absolute atomic E-state index is 0.655. The fraction of sp³-hybridized carbons (Fsp3) is 0.312. The van der Waals surface area contributed by atoms with E-state index in [2.05, 4.69) is 52.2 Å². The van der Waals surface area contributed by atoms with Crippen molar-refractivity contribution in [3.8, 4) is 11.6 Å². The Balaban J connectivity index is 2.22. The Labute approximate surface area is 128 Å². The van der Waals surface area contributed by atoms with Crippen molar-refractivity contribution in [3.63, 3.8) is 0 Å². The number of aryl methyl sites for hydroxylation is 1. The largest absolute Gasteiger partial charge is 0.439 e. The van der Waals surface area contributed by atoms with Gasteiger partial charge in [0.25, 0.3) is 0 Å². The average molecular weight is 335 g/mol. The van der Waals surface area contributed by atoms with E-state index >= 15 is 0 Å². The first-order valence-corrected chi connectivity index (χ1v) is 7.64. The van der Waals surface area contributed by atoms with E-state index in [9.17, 15) is 0 Å². The number of ether oxygens (including phenoxy) is 1. The molecule has 0 spiro atoms. The van der Waals surface area contributed by atoms with Crippen molar-refractivity contribution in [2.24, 2.45) is 0 Å². The highest BCUT2D eigenvalue weighted by atomic mass is 79.9. The van der Waals surface area contributed by atoms with E-state index in [0.717, 1.165) is 35.3 Å². The SMILES string of the molecule is CCNCc1cc(Br)cnc1Oc1cccc(CC)c1. The lowest BCUT2D eigenvalue weighted by molar-refractivity contribution is 0.452. The molecule has 1 aromatic heterocycles. The minimum atomic E-state index is 0.655. The maximum absolute atomic E-state index is 5.93. The summed E-state index contributed by atoms with van der Waals surface area (Å²) in [6.45, 7) is 5.87. The van der Waals surface area contributed by atoms with Gasteiger partial charge in [0, 0.05) is 22.8 Å². The predicted molar refractivity (Wildman–Crippen MR) is 85.2 cm³/mol. The molecule has 1 N–H and O–H groups in total. The highest BCUT2D eigenvalue weighted by molar-refractivity contribution is 9.10. The van der Waals surface area contributed by atoms with Crippen LogP contribution in [0.2, 0.25) is 0 Å². The van der Waals surface area contributed by atoms with Crippen LogP contribution >= 0.6 is 15.9 Å². The summed E-state index contributed by atoms with van der Waals surface area (Å²) in [5.41, 5.74) is 2.30. The van der Waals surface area contributed by atoms with Gasteiger partial charge < -0.3 is 10.1 Å². The zero-order valence-corrected chi connectivity index (χ0v) is 13.4. The highest BCUT2D eigenvalue weighted by Gasteiger charge is 2.07. The molecule has 2 aromatic rings. The number of aromatic nitrogens is 1. The van der Waals surface area contributed by atoms with Crippen LogP contribution in [-0.4, -0.2) is 11.5 Å². The van der Waals surface area contributed by atoms with Gasteiger partial charge in [-0.15, -0.1) is 0 Å². The van der Waals surface area contributed by atoms with Crippen LogP contribution < -0.4 is 10.1 Å². The second kappa shape index (κ2) is 7.41. The standard InChI is InChI=1S/C16H19BrN2O/c1-3-12-6-5-7-15(8-12)20-16-13(10-18-4-2)9-14(17)11-19-16/h5-9,11,18H,3-4,10H2,1-2H3. The quantitative estimate of drug-likeness (QED) is 0.854. The molecule has 2 rings (SSSR count). The molecule has 0 fully saturated rings. The van der Waals surface area contributed by atoms with Gasteiger partial charge in [-0.25, -0.2) is 4.98 Å². The third-order valence-electron chi connectivity index (χ3n) is 2.98. The Hall–Kier alpha value is -1.39. The number of benzene rings is 1. The molecule has 0 aliphatic heterocycles. The van der Waals surface area contributed by atoms with E-state index < -0.39 is 0 Å². The van der Waals surface area contributed by atoms with E-state index in [4.69, 9.17) is 4.74 Å². The van der Waals surface area contributed by atoms with Gasteiger partial charge in [-0.05, 0) is 52.7 Å². The molecule has 0 aliphatic rings. The van der Waals surface area contributed by atoms with Crippen molar-refractivity contribution in [1.82, 2.24) is 10.3 Å². The summed E-state index contributed by atoms with van der Waals surface area (Å²) in [6.07, 6.45) is 2.75. The van der Waals surface area contributed by atoms with Crippen LogP contribution in [-0.2, 0) is 13.0 Å². The zero-order valence-electron chi connectivity index (χ0n) is 11.8. The predicted octanol–water partition coefficient (Wildman–Crippen LogP) is 4.31. The van der Waals surface area contributed by atoms with E-state index in [1.807, 2.05) is 18.2 Å². The molecule has 3 nitrogen and oxygen atoms in total. The number of hydrogen-bond acceptors (Lipinski definition) is 3. The molecule has 20 heavy (non-hydrogen) atoms. The first-order valence-electron chi connectivity index (χ1n) is 6.84. The fourth-order valence-corrected chi connectivity index (χ4v) is 2.27. The molecular weight excluding hydrogens is 316 g/mol. The maximum Gasteiger partial charge on any atom is 0.223 e.